The van der Waals surface area contributed by atoms with Gasteiger partial charge in [-0.2, -0.15) is 5.26 Å². The third-order valence-corrected chi connectivity index (χ3v) is 3.67. The number of rotatable bonds is 2. The zero-order chi connectivity index (χ0) is 12.1. The summed E-state index contributed by atoms with van der Waals surface area (Å²) >= 11 is 0. The van der Waals surface area contributed by atoms with Crippen molar-refractivity contribution in [3.05, 3.63) is 29.8 Å². The van der Waals surface area contributed by atoms with Crippen molar-refractivity contribution < 1.29 is 0 Å². The Morgan fingerprint density at radius 3 is 2.71 bits per heavy atom. The molecule has 1 aromatic rings. The van der Waals surface area contributed by atoms with Crippen LogP contribution < -0.4 is 5.32 Å². The van der Waals surface area contributed by atoms with Crippen molar-refractivity contribution >= 4 is 5.69 Å². The summed E-state index contributed by atoms with van der Waals surface area (Å²) in [4.78, 5) is 0. The summed E-state index contributed by atoms with van der Waals surface area (Å²) in [6, 6.07) is 11.1. The monoisotopic (exact) mass is 228 g/mol. The minimum absolute atomic E-state index is 0.164. The van der Waals surface area contributed by atoms with Crippen LogP contribution in [0.5, 0.6) is 0 Å². The molecular formula is C15H20N2. The Morgan fingerprint density at radius 2 is 1.94 bits per heavy atom. The van der Waals surface area contributed by atoms with E-state index in [0.29, 0.717) is 6.04 Å². The van der Waals surface area contributed by atoms with Gasteiger partial charge >= 0.3 is 0 Å². The van der Waals surface area contributed by atoms with Crippen LogP contribution in [-0.4, -0.2) is 6.04 Å². The number of nitrogens with one attached hydrogen (secondary N) is 1. The average molecular weight is 228 g/mol. The second kappa shape index (κ2) is 5.72. The van der Waals surface area contributed by atoms with Crippen LogP contribution in [0.1, 0.15) is 37.7 Å². The topological polar surface area (TPSA) is 35.8 Å². The van der Waals surface area contributed by atoms with Crippen molar-refractivity contribution in [2.45, 2.75) is 45.1 Å². The zero-order valence-corrected chi connectivity index (χ0v) is 10.4. The van der Waals surface area contributed by atoms with Crippen molar-refractivity contribution in [2.24, 2.45) is 5.92 Å². The van der Waals surface area contributed by atoms with Crippen LogP contribution in [0, 0.1) is 24.2 Å². The summed E-state index contributed by atoms with van der Waals surface area (Å²) in [5.41, 5.74) is 2.44. The minimum Gasteiger partial charge on any atom is -0.381 e. The summed E-state index contributed by atoms with van der Waals surface area (Å²) in [6.07, 6.45) is 5.86. The molecule has 90 valence electrons. The Bertz CT molecular complexity index is 406. The third kappa shape index (κ3) is 3.00. The largest absolute Gasteiger partial charge is 0.381 e. The predicted molar refractivity (Wildman–Crippen MR) is 70.8 cm³/mol. The van der Waals surface area contributed by atoms with Gasteiger partial charge in [-0.15, -0.1) is 0 Å². The predicted octanol–water partition coefficient (Wildman–Crippen LogP) is 3.88. The smallest absolute Gasteiger partial charge is 0.0677 e. The van der Waals surface area contributed by atoms with Crippen LogP contribution in [0.4, 0.5) is 5.69 Å². The van der Waals surface area contributed by atoms with Crippen LogP contribution >= 0.6 is 0 Å². The van der Waals surface area contributed by atoms with Crippen LogP contribution in [-0.2, 0) is 0 Å². The second-order valence-electron chi connectivity index (χ2n) is 4.94. The summed E-state index contributed by atoms with van der Waals surface area (Å²) in [7, 11) is 0. The summed E-state index contributed by atoms with van der Waals surface area (Å²) in [5, 5.41) is 12.8. The number of para-hydroxylation sites is 1. The van der Waals surface area contributed by atoms with Gasteiger partial charge in [0, 0.05) is 11.7 Å². The molecule has 0 radical (unpaired) electrons. The summed E-state index contributed by atoms with van der Waals surface area (Å²) in [5.74, 6) is 0.164. The van der Waals surface area contributed by atoms with E-state index in [0.717, 1.165) is 12.8 Å². The highest BCUT2D eigenvalue weighted by atomic mass is 14.9. The second-order valence-corrected chi connectivity index (χ2v) is 4.94. The average Bonchev–Trinajstić information content (AvgIpc) is 2.57. The maximum absolute atomic E-state index is 9.24. The van der Waals surface area contributed by atoms with E-state index in [2.05, 4.69) is 36.5 Å². The number of hydrogen-bond acceptors (Lipinski definition) is 2. The van der Waals surface area contributed by atoms with Crippen molar-refractivity contribution in [1.29, 1.82) is 5.26 Å². The van der Waals surface area contributed by atoms with E-state index < -0.39 is 0 Å². The molecule has 2 nitrogen and oxygen atoms in total. The van der Waals surface area contributed by atoms with Crippen molar-refractivity contribution in [2.75, 3.05) is 5.32 Å². The first-order valence-corrected chi connectivity index (χ1v) is 6.53. The lowest BCUT2D eigenvalue weighted by Crippen LogP contribution is -2.27. The molecule has 17 heavy (non-hydrogen) atoms. The molecule has 0 bridgehead atoms. The Hall–Kier alpha value is -1.49. The first-order chi connectivity index (χ1) is 8.31. The van der Waals surface area contributed by atoms with Crippen LogP contribution in [0.15, 0.2) is 24.3 Å². The number of hydrogen-bond donors (Lipinski definition) is 1. The highest BCUT2D eigenvalue weighted by molar-refractivity contribution is 5.51. The lowest BCUT2D eigenvalue weighted by atomic mass is 9.96. The third-order valence-electron chi connectivity index (χ3n) is 3.67. The molecule has 2 heteroatoms. The van der Waals surface area contributed by atoms with Gasteiger partial charge in [-0.05, 0) is 31.4 Å². The fourth-order valence-corrected chi connectivity index (χ4v) is 2.57. The molecule has 1 fully saturated rings. The molecule has 2 rings (SSSR count). The van der Waals surface area contributed by atoms with E-state index in [1.807, 2.05) is 6.07 Å². The quantitative estimate of drug-likeness (QED) is 0.780. The maximum atomic E-state index is 9.24. The number of anilines is 1. The van der Waals surface area contributed by atoms with Gasteiger partial charge in [-0.1, -0.05) is 37.5 Å². The summed E-state index contributed by atoms with van der Waals surface area (Å²) < 4.78 is 0. The van der Waals surface area contributed by atoms with Gasteiger partial charge in [-0.3, -0.25) is 0 Å². The number of nitriles is 1. The molecule has 0 amide bonds. The van der Waals surface area contributed by atoms with E-state index in [-0.39, 0.29) is 5.92 Å². The fraction of sp³-hybridized carbons (Fsp3) is 0.533. The molecule has 0 spiro atoms. The van der Waals surface area contributed by atoms with Crippen molar-refractivity contribution in [3.63, 3.8) is 0 Å². The van der Waals surface area contributed by atoms with Gasteiger partial charge in [0.25, 0.3) is 0 Å². The number of nitrogens with zero attached hydrogens (tertiary/aromatic N) is 1. The Morgan fingerprint density at radius 1 is 1.18 bits per heavy atom. The van der Waals surface area contributed by atoms with E-state index in [1.165, 1.54) is 30.5 Å². The highest BCUT2D eigenvalue weighted by Gasteiger charge is 2.23. The molecule has 1 N–H and O–H groups in total. The van der Waals surface area contributed by atoms with Crippen molar-refractivity contribution in [3.8, 4) is 6.07 Å². The minimum atomic E-state index is 0.164. The molecule has 1 saturated carbocycles. The molecule has 1 aliphatic rings. The number of aryl methyl sites for hydroxylation is 1. The molecule has 2 unspecified atom stereocenters. The SMILES string of the molecule is Cc1ccccc1NC1CCCCCC1C#N. The lowest BCUT2D eigenvalue weighted by molar-refractivity contribution is 0.514. The van der Waals surface area contributed by atoms with E-state index in [4.69, 9.17) is 0 Å². The molecular weight excluding hydrogens is 208 g/mol. The van der Waals surface area contributed by atoms with Crippen molar-refractivity contribution in [1.82, 2.24) is 0 Å². The Balaban J connectivity index is 2.10. The molecule has 0 aromatic heterocycles. The highest BCUT2D eigenvalue weighted by Crippen LogP contribution is 2.26. The van der Waals surface area contributed by atoms with Gasteiger partial charge < -0.3 is 5.32 Å². The fourth-order valence-electron chi connectivity index (χ4n) is 2.57. The van der Waals surface area contributed by atoms with Gasteiger partial charge in [0.2, 0.25) is 0 Å². The normalized spacial score (nSPS) is 24.7. The first kappa shape index (κ1) is 12.0. The van der Waals surface area contributed by atoms with E-state index in [1.54, 1.807) is 0 Å². The van der Waals surface area contributed by atoms with Gasteiger partial charge in [0.15, 0.2) is 0 Å². The molecule has 0 aliphatic heterocycles. The zero-order valence-electron chi connectivity index (χ0n) is 10.4. The molecule has 0 saturated heterocycles. The van der Waals surface area contributed by atoms with E-state index >= 15 is 0 Å². The molecule has 2 atom stereocenters. The van der Waals surface area contributed by atoms with Crippen LogP contribution in [0.25, 0.3) is 0 Å². The molecule has 0 heterocycles. The maximum Gasteiger partial charge on any atom is 0.0677 e. The standard InChI is InChI=1S/C15H20N2/c1-12-7-5-6-9-14(12)17-15-10-4-2-3-8-13(15)11-16/h5-7,9,13,15,17H,2-4,8,10H2,1H3. The van der Waals surface area contributed by atoms with Gasteiger partial charge in [0.1, 0.15) is 0 Å². The van der Waals surface area contributed by atoms with Gasteiger partial charge in [-0.25, -0.2) is 0 Å². The van der Waals surface area contributed by atoms with Crippen LogP contribution in [0.3, 0.4) is 0 Å². The number of benzene rings is 1. The first-order valence-electron chi connectivity index (χ1n) is 6.53. The summed E-state index contributed by atoms with van der Waals surface area (Å²) in [6.45, 7) is 2.11. The molecule has 1 aromatic carbocycles. The van der Waals surface area contributed by atoms with Gasteiger partial charge in [0.05, 0.1) is 12.0 Å². The molecule has 1 aliphatic carbocycles. The Kier molecular flexibility index (Phi) is 4.03. The lowest BCUT2D eigenvalue weighted by Gasteiger charge is -2.23. The van der Waals surface area contributed by atoms with Crippen LogP contribution in [0.2, 0.25) is 0 Å². The van der Waals surface area contributed by atoms with E-state index in [9.17, 15) is 5.26 Å². The Labute approximate surface area is 104 Å².